The lowest BCUT2D eigenvalue weighted by Gasteiger charge is -2.31. The molecule has 0 radical (unpaired) electrons. The summed E-state index contributed by atoms with van der Waals surface area (Å²) in [5.74, 6) is 0. The van der Waals surface area contributed by atoms with E-state index in [9.17, 15) is 0 Å². The van der Waals surface area contributed by atoms with Crippen LogP contribution in [0.25, 0.3) is 0 Å². The van der Waals surface area contributed by atoms with Crippen molar-refractivity contribution in [3.63, 3.8) is 0 Å². The zero-order valence-corrected chi connectivity index (χ0v) is 13.7. The molecule has 2 N–H and O–H groups in total. The number of rotatable bonds is 3. The molecule has 0 spiro atoms. The largest absolute Gasteiger partial charge is 0.329 e. The maximum absolute atomic E-state index is 6.14. The molecule has 2 heterocycles. The van der Waals surface area contributed by atoms with Gasteiger partial charge in [0, 0.05) is 15.9 Å². The second kappa shape index (κ2) is 7.25. The molecule has 1 aromatic rings. The predicted octanol–water partition coefficient (Wildman–Crippen LogP) is 4.43. The van der Waals surface area contributed by atoms with Gasteiger partial charge in [0.05, 0.1) is 6.04 Å². The first-order valence-corrected chi connectivity index (χ1v) is 8.60. The summed E-state index contributed by atoms with van der Waals surface area (Å²) in [7, 11) is 0. The Balaban J connectivity index is 2.10. The van der Waals surface area contributed by atoms with E-state index >= 15 is 0 Å². The molecule has 1 saturated heterocycles. The molecule has 0 aliphatic carbocycles. The second-order valence-electron chi connectivity index (χ2n) is 4.83. The summed E-state index contributed by atoms with van der Waals surface area (Å²) in [6.07, 6.45) is 6.66. The van der Waals surface area contributed by atoms with Crippen LogP contribution in [-0.4, -0.2) is 24.5 Å². The summed E-state index contributed by atoms with van der Waals surface area (Å²) in [6, 6.07) is 2.46. The van der Waals surface area contributed by atoms with Crippen LogP contribution in [0.15, 0.2) is 10.5 Å². The Hall–Kier alpha value is 0.390. The third-order valence-corrected chi connectivity index (χ3v) is 6.12. The molecule has 1 atom stereocenters. The van der Waals surface area contributed by atoms with Gasteiger partial charge in [-0.25, -0.2) is 0 Å². The highest BCUT2D eigenvalue weighted by molar-refractivity contribution is 9.10. The Morgan fingerprint density at radius 1 is 1.28 bits per heavy atom. The first kappa shape index (κ1) is 14.8. The minimum atomic E-state index is 0.330. The molecule has 1 aliphatic heterocycles. The van der Waals surface area contributed by atoms with E-state index in [1.54, 1.807) is 11.3 Å². The Kier molecular flexibility index (Phi) is 5.96. The molecule has 5 heteroatoms. The van der Waals surface area contributed by atoms with Crippen molar-refractivity contribution in [3.05, 3.63) is 19.8 Å². The van der Waals surface area contributed by atoms with Gasteiger partial charge >= 0.3 is 0 Å². The van der Waals surface area contributed by atoms with Crippen molar-refractivity contribution in [1.29, 1.82) is 0 Å². The molecule has 0 amide bonds. The lowest BCUT2D eigenvalue weighted by atomic mass is 10.1. The van der Waals surface area contributed by atoms with Gasteiger partial charge in [-0.05, 0) is 47.9 Å². The molecule has 1 unspecified atom stereocenters. The van der Waals surface area contributed by atoms with Gasteiger partial charge in [-0.3, -0.25) is 4.90 Å². The van der Waals surface area contributed by atoms with Crippen molar-refractivity contribution in [3.8, 4) is 0 Å². The maximum atomic E-state index is 6.14. The highest BCUT2D eigenvalue weighted by atomic mass is 79.9. The highest BCUT2D eigenvalue weighted by Crippen LogP contribution is 2.37. The van der Waals surface area contributed by atoms with Crippen molar-refractivity contribution in [1.82, 2.24) is 4.90 Å². The molecular weight excluding hydrogens is 332 g/mol. The van der Waals surface area contributed by atoms with Crippen molar-refractivity contribution >= 4 is 38.9 Å². The van der Waals surface area contributed by atoms with Crippen molar-refractivity contribution < 1.29 is 0 Å². The number of nitrogens with zero attached hydrogens (tertiary/aromatic N) is 1. The molecule has 0 bridgehead atoms. The van der Waals surface area contributed by atoms with E-state index in [1.807, 2.05) is 0 Å². The number of likely N-dealkylation sites (tertiary alicyclic amines) is 1. The SMILES string of the molecule is NCC(c1cc(Br)c(Cl)s1)N1CCCCCCC1. The van der Waals surface area contributed by atoms with Gasteiger partial charge in [-0.2, -0.15) is 0 Å². The van der Waals surface area contributed by atoms with E-state index < -0.39 is 0 Å². The Morgan fingerprint density at radius 2 is 1.89 bits per heavy atom. The Morgan fingerprint density at radius 3 is 2.39 bits per heavy atom. The quantitative estimate of drug-likeness (QED) is 0.873. The zero-order valence-electron chi connectivity index (χ0n) is 10.5. The van der Waals surface area contributed by atoms with E-state index in [1.165, 1.54) is 37.0 Å². The summed E-state index contributed by atoms with van der Waals surface area (Å²) in [6.45, 7) is 2.99. The average molecular weight is 352 g/mol. The fourth-order valence-corrected chi connectivity index (χ4v) is 4.44. The van der Waals surface area contributed by atoms with Crippen LogP contribution in [0.5, 0.6) is 0 Å². The number of thiophene rings is 1. The summed E-state index contributed by atoms with van der Waals surface area (Å²) in [5, 5.41) is 0. The summed E-state index contributed by atoms with van der Waals surface area (Å²) >= 11 is 11.3. The minimum Gasteiger partial charge on any atom is -0.329 e. The predicted molar refractivity (Wildman–Crippen MR) is 83.5 cm³/mol. The normalized spacial score (nSPS) is 20.4. The third kappa shape index (κ3) is 3.70. The molecule has 2 nitrogen and oxygen atoms in total. The van der Waals surface area contributed by atoms with Crippen LogP contribution in [0.3, 0.4) is 0 Å². The molecule has 0 aromatic carbocycles. The van der Waals surface area contributed by atoms with Crippen LogP contribution in [0.2, 0.25) is 4.34 Å². The standard InChI is InChI=1S/C13H20BrClN2S/c14-10-8-12(18-13(10)15)11(9-16)17-6-4-2-1-3-5-7-17/h8,11H,1-7,9,16H2. The first-order chi connectivity index (χ1) is 8.72. The summed E-state index contributed by atoms with van der Waals surface area (Å²) < 4.78 is 1.82. The molecule has 102 valence electrons. The smallest absolute Gasteiger partial charge is 0.107 e. The fraction of sp³-hybridized carbons (Fsp3) is 0.692. The van der Waals surface area contributed by atoms with Gasteiger partial charge in [-0.1, -0.05) is 30.9 Å². The van der Waals surface area contributed by atoms with Gasteiger partial charge in [0.1, 0.15) is 4.34 Å². The molecular formula is C13H20BrClN2S. The minimum absolute atomic E-state index is 0.330. The van der Waals surface area contributed by atoms with Crippen LogP contribution in [-0.2, 0) is 0 Å². The number of halogens is 2. The molecule has 0 saturated carbocycles. The van der Waals surface area contributed by atoms with Gasteiger partial charge in [0.2, 0.25) is 0 Å². The fourth-order valence-electron chi connectivity index (χ4n) is 2.56. The lowest BCUT2D eigenvalue weighted by molar-refractivity contribution is 0.186. The van der Waals surface area contributed by atoms with E-state index in [0.717, 1.165) is 21.9 Å². The Labute approximate surface area is 127 Å². The van der Waals surface area contributed by atoms with E-state index in [2.05, 4.69) is 26.9 Å². The number of nitrogens with two attached hydrogens (primary N) is 1. The van der Waals surface area contributed by atoms with Crippen LogP contribution >= 0.6 is 38.9 Å². The molecule has 2 rings (SSSR count). The molecule has 18 heavy (non-hydrogen) atoms. The summed E-state index contributed by atoms with van der Waals surface area (Å²) in [5.41, 5.74) is 5.99. The van der Waals surface area contributed by atoms with Gasteiger partial charge in [0.25, 0.3) is 0 Å². The van der Waals surface area contributed by atoms with E-state index in [-0.39, 0.29) is 0 Å². The van der Waals surface area contributed by atoms with Gasteiger partial charge in [-0.15, -0.1) is 11.3 Å². The first-order valence-electron chi connectivity index (χ1n) is 6.61. The Bertz CT molecular complexity index is 356. The summed E-state index contributed by atoms with van der Waals surface area (Å²) in [4.78, 5) is 3.82. The van der Waals surface area contributed by atoms with E-state index in [4.69, 9.17) is 17.3 Å². The molecule has 1 fully saturated rings. The van der Waals surface area contributed by atoms with Crippen molar-refractivity contribution in [2.45, 2.75) is 38.1 Å². The number of hydrogen-bond donors (Lipinski definition) is 1. The van der Waals surface area contributed by atoms with E-state index in [0.29, 0.717) is 12.6 Å². The van der Waals surface area contributed by atoms with Crippen LogP contribution in [0.1, 0.15) is 43.0 Å². The van der Waals surface area contributed by atoms with Crippen LogP contribution in [0, 0.1) is 0 Å². The second-order valence-corrected chi connectivity index (χ2v) is 7.37. The van der Waals surface area contributed by atoms with Crippen LogP contribution < -0.4 is 5.73 Å². The zero-order chi connectivity index (χ0) is 13.0. The van der Waals surface area contributed by atoms with Gasteiger partial charge in [0.15, 0.2) is 0 Å². The van der Waals surface area contributed by atoms with Crippen molar-refractivity contribution in [2.75, 3.05) is 19.6 Å². The average Bonchev–Trinajstić information content (AvgIpc) is 2.62. The topological polar surface area (TPSA) is 29.3 Å². The lowest BCUT2D eigenvalue weighted by Crippen LogP contribution is -2.35. The van der Waals surface area contributed by atoms with Crippen molar-refractivity contribution in [2.24, 2.45) is 5.73 Å². The highest BCUT2D eigenvalue weighted by Gasteiger charge is 2.22. The van der Waals surface area contributed by atoms with Gasteiger partial charge < -0.3 is 5.73 Å². The number of hydrogen-bond acceptors (Lipinski definition) is 3. The monoisotopic (exact) mass is 350 g/mol. The maximum Gasteiger partial charge on any atom is 0.107 e. The third-order valence-electron chi connectivity index (χ3n) is 3.55. The van der Waals surface area contributed by atoms with Crippen LogP contribution in [0.4, 0.5) is 0 Å². The molecule has 1 aromatic heterocycles. The molecule has 1 aliphatic rings.